The Morgan fingerprint density at radius 2 is 2.46 bits per heavy atom. The van der Waals surface area contributed by atoms with Crippen molar-refractivity contribution in [1.82, 2.24) is 4.98 Å². The van der Waals surface area contributed by atoms with E-state index in [2.05, 4.69) is 4.98 Å². The van der Waals surface area contributed by atoms with Gasteiger partial charge in [0, 0.05) is 17.8 Å². The molecule has 0 spiro atoms. The summed E-state index contributed by atoms with van der Waals surface area (Å²) < 4.78 is 5.11. The summed E-state index contributed by atoms with van der Waals surface area (Å²) in [4.78, 5) is 14.8. The molecule has 62 valence electrons. The van der Waals surface area contributed by atoms with E-state index < -0.39 is 5.78 Å². The van der Waals surface area contributed by atoms with Crippen LogP contribution in [0.3, 0.4) is 0 Å². The van der Waals surface area contributed by atoms with E-state index in [1.165, 1.54) is 12.1 Å². The zero-order chi connectivity index (χ0) is 9.26. The number of nitrogens with zero attached hydrogens (tertiary/aromatic N) is 2. The van der Waals surface area contributed by atoms with E-state index >= 15 is 0 Å². The summed E-state index contributed by atoms with van der Waals surface area (Å²) in [5.41, 5.74) is 0.564. The lowest BCUT2D eigenvalue weighted by molar-refractivity contribution is 0.103. The Hall–Kier alpha value is -2.15. The fourth-order valence-electron chi connectivity index (χ4n) is 1.05. The highest BCUT2D eigenvalue weighted by atomic mass is 16.3. The van der Waals surface area contributed by atoms with Crippen LogP contribution in [0, 0.1) is 11.3 Å². The summed E-state index contributed by atoms with van der Waals surface area (Å²) >= 11 is 0. The highest BCUT2D eigenvalue weighted by Crippen LogP contribution is 2.17. The van der Waals surface area contributed by atoms with E-state index in [1.54, 1.807) is 18.5 Å². The number of furan rings is 1. The molecular formula is C9H4N2O2. The van der Waals surface area contributed by atoms with Crippen LogP contribution in [0.4, 0.5) is 0 Å². The molecule has 0 bridgehead atoms. The van der Waals surface area contributed by atoms with Gasteiger partial charge in [-0.3, -0.25) is 9.78 Å². The normalized spacial score (nSPS) is 9.77. The van der Waals surface area contributed by atoms with E-state index in [4.69, 9.17) is 9.68 Å². The van der Waals surface area contributed by atoms with Crippen LogP contribution in [0.5, 0.6) is 0 Å². The first-order valence-electron chi connectivity index (χ1n) is 3.59. The molecule has 0 saturated carbocycles. The van der Waals surface area contributed by atoms with Crippen molar-refractivity contribution in [1.29, 1.82) is 5.26 Å². The average Bonchev–Trinajstić information content (AvgIpc) is 2.59. The number of ketones is 1. The van der Waals surface area contributed by atoms with Gasteiger partial charge >= 0.3 is 0 Å². The average molecular weight is 172 g/mol. The van der Waals surface area contributed by atoms with Crippen LogP contribution in [0.15, 0.2) is 28.9 Å². The molecule has 0 radical (unpaired) electrons. The fourth-order valence-corrected chi connectivity index (χ4v) is 1.05. The molecule has 0 saturated heterocycles. The Morgan fingerprint density at radius 1 is 1.62 bits per heavy atom. The van der Waals surface area contributed by atoms with Gasteiger partial charge in [0.15, 0.2) is 5.76 Å². The number of fused-ring (bicyclic) bond motifs is 1. The van der Waals surface area contributed by atoms with Gasteiger partial charge in [0.2, 0.25) is 0 Å². The Kier molecular flexibility index (Phi) is 1.57. The summed E-state index contributed by atoms with van der Waals surface area (Å²) in [6, 6.07) is 4.64. The molecule has 2 rings (SSSR count). The number of pyridine rings is 1. The molecule has 13 heavy (non-hydrogen) atoms. The standard InChI is InChI=1S/C9H4N2O2/c10-4-7(12)9-3-6-5-11-2-1-8(6)13-9/h1-3,5H. The van der Waals surface area contributed by atoms with Crippen LogP contribution in [-0.4, -0.2) is 10.8 Å². The summed E-state index contributed by atoms with van der Waals surface area (Å²) in [6.07, 6.45) is 3.14. The van der Waals surface area contributed by atoms with Crippen molar-refractivity contribution in [2.75, 3.05) is 0 Å². The highest BCUT2D eigenvalue weighted by Gasteiger charge is 2.10. The molecule has 0 aliphatic carbocycles. The van der Waals surface area contributed by atoms with Crippen LogP contribution in [0.25, 0.3) is 11.0 Å². The van der Waals surface area contributed by atoms with Gasteiger partial charge in [-0.05, 0) is 12.1 Å². The minimum Gasteiger partial charge on any atom is -0.452 e. The van der Waals surface area contributed by atoms with E-state index in [1.807, 2.05) is 0 Å². The first kappa shape index (κ1) is 7.50. The number of carbonyl (C=O) groups excluding carboxylic acids is 1. The number of nitriles is 1. The van der Waals surface area contributed by atoms with Gasteiger partial charge in [-0.25, -0.2) is 0 Å². The van der Waals surface area contributed by atoms with Gasteiger partial charge in [0.1, 0.15) is 11.7 Å². The van der Waals surface area contributed by atoms with E-state index in [9.17, 15) is 4.79 Å². The van der Waals surface area contributed by atoms with Gasteiger partial charge in [0.25, 0.3) is 5.78 Å². The van der Waals surface area contributed by atoms with Crippen molar-refractivity contribution in [3.05, 3.63) is 30.3 Å². The maximum Gasteiger partial charge on any atom is 0.297 e. The largest absolute Gasteiger partial charge is 0.452 e. The van der Waals surface area contributed by atoms with Crippen LogP contribution < -0.4 is 0 Å². The number of hydrogen-bond donors (Lipinski definition) is 0. The van der Waals surface area contributed by atoms with Crippen molar-refractivity contribution in [2.24, 2.45) is 0 Å². The Morgan fingerprint density at radius 3 is 3.15 bits per heavy atom. The number of Topliss-reactive ketones (excluding diaryl/α,β-unsaturated/α-hetero) is 1. The second kappa shape index (κ2) is 2.72. The SMILES string of the molecule is N#CC(=O)c1cc2cnccc2o1. The third-order valence-electron chi connectivity index (χ3n) is 1.64. The molecule has 0 atom stereocenters. The van der Waals surface area contributed by atoms with Crippen molar-refractivity contribution >= 4 is 16.8 Å². The van der Waals surface area contributed by atoms with E-state index in [-0.39, 0.29) is 5.76 Å². The predicted octanol–water partition coefficient (Wildman–Crippen LogP) is 1.53. The lowest BCUT2D eigenvalue weighted by Gasteiger charge is -1.82. The zero-order valence-electron chi connectivity index (χ0n) is 6.52. The molecule has 0 N–H and O–H groups in total. The molecule has 0 aliphatic heterocycles. The smallest absolute Gasteiger partial charge is 0.297 e. The zero-order valence-corrected chi connectivity index (χ0v) is 6.52. The Bertz CT molecular complexity index is 475. The van der Waals surface area contributed by atoms with Crippen LogP contribution in [-0.2, 0) is 0 Å². The van der Waals surface area contributed by atoms with E-state index in [0.717, 1.165) is 5.39 Å². The van der Waals surface area contributed by atoms with Crippen molar-refractivity contribution in [3.63, 3.8) is 0 Å². The first-order chi connectivity index (χ1) is 6.31. The first-order valence-corrected chi connectivity index (χ1v) is 3.59. The minimum atomic E-state index is -0.670. The predicted molar refractivity (Wildman–Crippen MR) is 44.0 cm³/mol. The molecule has 2 aromatic rings. The molecule has 0 fully saturated rings. The van der Waals surface area contributed by atoms with Crippen molar-refractivity contribution < 1.29 is 9.21 Å². The summed E-state index contributed by atoms with van der Waals surface area (Å²) in [7, 11) is 0. The van der Waals surface area contributed by atoms with Gasteiger partial charge in [0.05, 0.1) is 0 Å². The lowest BCUT2D eigenvalue weighted by Crippen LogP contribution is -1.89. The van der Waals surface area contributed by atoms with Crippen LogP contribution in [0.2, 0.25) is 0 Å². The number of carbonyl (C=O) groups is 1. The van der Waals surface area contributed by atoms with Crippen molar-refractivity contribution in [2.45, 2.75) is 0 Å². The number of aromatic nitrogens is 1. The molecule has 4 heteroatoms. The third kappa shape index (κ3) is 1.16. The molecule has 0 unspecified atom stereocenters. The molecular weight excluding hydrogens is 168 g/mol. The minimum absolute atomic E-state index is 0.0606. The van der Waals surface area contributed by atoms with Gasteiger partial charge < -0.3 is 4.42 Å². The van der Waals surface area contributed by atoms with Gasteiger partial charge in [-0.15, -0.1) is 0 Å². The van der Waals surface area contributed by atoms with Gasteiger partial charge in [-0.1, -0.05) is 0 Å². The quantitative estimate of drug-likeness (QED) is 0.483. The summed E-state index contributed by atoms with van der Waals surface area (Å²) in [6.45, 7) is 0. The molecule has 0 aliphatic rings. The van der Waals surface area contributed by atoms with Crippen molar-refractivity contribution in [3.8, 4) is 6.07 Å². The molecule has 0 aromatic carbocycles. The molecule has 0 amide bonds. The van der Waals surface area contributed by atoms with E-state index in [0.29, 0.717) is 5.58 Å². The summed E-state index contributed by atoms with van der Waals surface area (Å²) in [5.74, 6) is -0.610. The number of hydrogen-bond acceptors (Lipinski definition) is 4. The summed E-state index contributed by atoms with van der Waals surface area (Å²) in [5, 5.41) is 9.06. The maximum atomic E-state index is 10.9. The molecule has 2 aromatic heterocycles. The maximum absolute atomic E-state index is 10.9. The Balaban J connectivity index is 2.64. The Labute approximate surface area is 73.4 Å². The second-order valence-electron chi connectivity index (χ2n) is 2.47. The molecule has 2 heterocycles. The lowest BCUT2D eigenvalue weighted by atomic mass is 10.3. The third-order valence-corrected chi connectivity index (χ3v) is 1.64. The van der Waals surface area contributed by atoms with Gasteiger partial charge in [-0.2, -0.15) is 5.26 Å². The second-order valence-corrected chi connectivity index (χ2v) is 2.47. The molecule has 4 nitrogen and oxygen atoms in total. The fraction of sp³-hybridized carbons (Fsp3) is 0. The monoisotopic (exact) mass is 172 g/mol. The number of rotatable bonds is 1. The highest BCUT2D eigenvalue weighted by molar-refractivity contribution is 6.07. The van der Waals surface area contributed by atoms with Crippen LogP contribution in [0.1, 0.15) is 10.6 Å². The van der Waals surface area contributed by atoms with Crippen LogP contribution >= 0.6 is 0 Å². The topological polar surface area (TPSA) is 66.9 Å².